The third kappa shape index (κ3) is 4.75. The molecule has 0 N–H and O–H groups in total. The predicted octanol–water partition coefficient (Wildman–Crippen LogP) is 0.0741. The van der Waals surface area contributed by atoms with Crippen LogP contribution >= 0.6 is 0 Å². The Balaban J connectivity index is 4.27. The van der Waals surface area contributed by atoms with Gasteiger partial charge < -0.3 is 0 Å². The monoisotopic (exact) mass is 93.0 g/mol. The third-order valence-electron chi connectivity index (χ3n) is 0.254. The summed E-state index contributed by atoms with van der Waals surface area (Å²) in [6.07, 6.45) is 2.28. The summed E-state index contributed by atoms with van der Waals surface area (Å²) in [6.45, 7) is 0. The van der Waals surface area contributed by atoms with E-state index in [0.717, 1.165) is 6.08 Å². The summed E-state index contributed by atoms with van der Waals surface area (Å²) >= 11 is 0. The first-order valence-corrected chi connectivity index (χ1v) is 1.49. The number of carbonyl (C=O) groups excluding carboxylic acids is 1. The molecule has 0 aliphatic heterocycles. The van der Waals surface area contributed by atoms with Gasteiger partial charge in [-0.05, 0) is 0 Å². The fourth-order valence-corrected chi connectivity index (χ4v) is 0.0950. The van der Waals surface area contributed by atoms with Crippen molar-refractivity contribution in [2.45, 2.75) is 0 Å². The molecule has 0 saturated carbocycles. The van der Waals surface area contributed by atoms with Gasteiger partial charge in [-0.15, -0.1) is 0 Å². The van der Waals surface area contributed by atoms with E-state index in [1.807, 2.05) is 5.73 Å². The standard InChI is InChI=1S/C5HO2/c6-4-2-1-3-5-7/h2H/q+1. The molecule has 0 aliphatic carbocycles. The molecule has 0 bridgehead atoms. The number of rotatable bonds is 0. The molecule has 0 aromatic rings. The molecular formula is C5HO2+. The van der Waals surface area contributed by atoms with E-state index < -0.39 is 0 Å². The molecule has 2 heteroatoms. The van der Waals surface area contributed by atoms with Crippen molar-refractivity contribution in [2.75, 3.05) is 0 Å². The van der Waals surface area contributed by atoms with Crippen LogP contribution in [0, 0.1) is 6.15 Å². The van der Waals surface area contributed by atoms with E-state index in [4.69, 9.17) is 0 Å². The molecule has 0 spiro atoms. The van der Waals surface area contributed by atoms with E-state index >= 15 is 0 Å². The van der Waals surface area contributed by atoms with Gasteiger partial charge in [-0.1, -0.05) is 0 Å². The second kappa shape index (κ2) is 4.75. The Kier molecular flexibility index (Phi) is 3.90. The quantitative estimate of drug-likeness (QED) is 0.237. The zero-order valence-electron chi connectivity index (χ0n) is 3.39. The van der Waals surface area contributed by atoms with Crippen LogP contribution in [0.5, 0.6) is 0 Å². The zero-order valence-corrected chi connectivity index (χ0v) is 3.39. The minimum absolute atomic E-state index is 0.908. The van der Waals surface area contributed by atoms with E-state index in [1.54, 1.807) is 0 Å². The molecule has 0 radical (unpaired) electrons. The Morgan fingerprint density at radius 1 is 1.57 bits per heavy atom. The van der Waals surface area contributed by atoms with E-state index in [9.17, 15) is 9.45 Å². The average Bonchev–Trinajstić information content (AvgIpc) is 1.69. The van der Waals surface area contributed by atoms with Crippen molar-refractivity contribution in [3.63, 3.8) is 0 Å². The number of hydrogen-bond donors (Lipinski definition) is 0. The second-order valence-corrected chi connectivity index (χ2v) is 0.634. The first-order chi connectivity index (χ1) is 3.41. The molecule has 0 saturated heterocycles. The number of hydrogen-bond acceptors (Lipinski definition) is 1. The van der Waals surface area contributed by atoms with Gasteiger partial charge in [-0.3, -0.25) is 0 Å². The zero-order chi connectivity index (χ0) is 5.54. The summed E-state index contributed by atoms with van der Waals surface area (Å²) in [7, 11) is 0. The van der Waals surface area contributed by atoms with E-state index in [0.29, 0.717) is 0 Å². The van der Waals surface area contributed by atoms with E-state index in [1.165, 1.54) is 12.1 Å². The summed E-state index contributed by atoms with van der Waals surface area (Å²) in [6, 6.07) is 0. The molecule has 0 amide bonds. The Morgan fingerprint density at radius 2 is 2.29 bits per heavy atom. The summed E-state index contributed by atoms with van der Waals surface area (Å²) in [5, 5.41) is 0. The van der Waals surface area contributed by atoms with Crippen molar-refractivity contribution in [3.05, 3.63) is 17.5 Å². The molecule has 32 valence electrons. The van der Waals surface area contributed by atoms with Gasteiger partial charge in [0.25, 0.3) is 0 Å². The van der Waals surface area contributed by atoms with E-state index in [-0.39, 0.29) is 0 Å². The van der Waals surface area contributed by atoms with Crippen molar-refractivity contribution in [1.29, 1.82) is 0 Å². The van der Waals surface area contributed by atoms with Crippen LogP contribution in [-0.2, 0) is 9.45 Å². The first kappa shape index (κ1) is 5.75. The SMILES string of the molecule is O=C=C=C=CC#[O+]. The molecule has 2 nitrogen and oxygen atoms in total. The Morgan fingerprint density at radius 3 is 2.71 bits per heavy atom. The summed E-state index contributed by atoms with van der Waals surface area (Å²) in [5.74, 6) is 1.28. The summed E-state index contributed by atoms with van der Waals surface area (Å²) < 4.78 is 9.27. The van der Waals surface area contributed by atoms with Crippen LogP contribution < -0.4 is 0 Å². The number of allylic oxidation sites excluding steroid dienone is 1. The molecule has 0 unspecified atom stereocenters. The van der Waals surface area contributed by atoms with Crippen LogP contribution in [0.3, 0.4) is 0 Å². The van der Waals surface area contributed by atoms with E-state index in [2.05, 4.69) is 5.73 Å². The van der Waals surface area contributed by atoms with Crippen molar-refractivity contribution in [1.82, 2.24) is 0 Å². The molecule has 0 aromatic heterocycles. The molecule has 7 heavy (non-hydrogen) atoms. The van der Waals surface area contributed by atoms with Crippen LogP contribution in [0.4, 0.5) is 0 Å². The minimum atomic E-state index is 0.908. The van der Waals surface area contributed by atoms with Gasteiger partial charge in [0.1, 0.15) is 0 Å². The van der Waals surface area contributed by atoms with Crippen molar-refractivity contribution < 1.29 is 9.45 Å². The molecule has 0 fully saturated rings. The van der Waals surface area contributed by atoms with Gasteiger partial charge in [-0.25, -0.2) is 0 Å². The molecule has 0 aliphatic rings. The average molecular weight is 93.1 g/mol. The maximum atomic E-state index is 9.27. The van der Waals surface area contributed by atoms with Crippen LogP contribution in [0.2, 0.25) is 0 Å². The Hall–Kier alpha value is -1.25. The van der Waals surface area contributed by atoms with Crippen LogP contribution in [-0.4, -0.2) is 5.94 Å². The Bertz CT molecular complexity index is 191. The van der Waals surface area contributed by atoms with Gasteiger partial charge in [0.15, 0.2) is 0 Å². The fourth-order valence-electron chi connectivity index (χ4n) is 0.0950. The van der Waals surface area contributed by atoms with Crippen LogP contribution in [0.15, 0.2) is 17.5 Å². The summed E-state index contributed by atoms with van der Waals surface area (Å²) in [5.41, 5.74) is 3.94. The Labute approximate surface area is 40.2 Å². The van der Waals surface area contributed by atoms with Gasteiger partial charge in [0.05, 0.1) is 0 Å². The van der Waals surface area contributed by atoms with Crippen molar-refractivity contribution in [2.24, 2.45) is 0 Å². The molecule has 0 heterocycles. The second-order valence-electron chi connectivity index (χ2n) is 0.634. The third-order valence-corrected chi connectivity index (χ3v) is 0.254. The van der Waals surface area contributed by atoms with Gasteiger partial charge in [0.2, 0.25) is 0 Å². The molecule has 0 aromatic carbocycles. The topological polar surface area (TPSA) is 37.0 Å². The molecule has 0 atom stereocenters. The maximum absolute atomic E-state index is 9.27. The normalized spacial score (nSPS) is 3.86. The summed E-state index contributed by atoms with van der Waals surface area (Å²) in [4.78, 5) is 9.23. The van der Waals surface area contributed by atoms with Gasteiger partial charge in [0, 0.05) is 0 Å². The molecular weight excluding hydrogens is 92.1 g/mol. The molecule has 0 rings (SSSR count). The van der Waals surface area contributed by atoms with Gasteiger partial charge >= 0.3 is 39.1 Å². The van der Waals surface area contributed by atoms with Crippen LogP contribution in [0.1, 0.15) is 0 Å². The van der Waals surface area contributed by atoms with Crippen molar-refractivity contribution >= 4 is 5.94 Å². The van der Waals surface area contributed by atoms with Crippen molar-refractivity contribution in [3.8, 4) is 6.15 Å². The van der Waals surface area contributed by atoms with Gasteiger partial charge in [-0.2, -0.15) is 0 Å². The fraction of sp³-hybridized carbons (Fsp3) is 0. The predicted molar refractivity (Wildman–Crippen MR) is 21.9 cm³/mol. The first-order valence-electron chi connectivity index (χ1n) is 1.49. The van der Waals surface area contributed by atoms with Crippen LogP contribution in [0.25, 0.3) is 0 Å².